The van der Waals surface area contributed by atoms with Gasteiger partial charge in [0.25, 0.3) is 0 Å². The van der Waals surface area contributed by atoms with E-state index in [1.54, 1.807) is 4.90 Å². The zero-order valence-corrected chi connectivity index (χ0v) is 21.5. The normalized spacial score (nSPS) is 17.8. The number of nitrogens with zero attached hydrogens (tertiary/aromatic N) is 2. The van der Waals surface area contributed by atoms with Crippen LogP contribution in [0.3, 0.4) is 0 Å². The van der Waals surface area contributed by atoms with Crippen LogP contribution < -0.4 is 9.80 Å². The third-order valence-corrected chi connectivity index (χ3v) is 6.66. The molecule has 0 saturated carbocycles. The first-order chi connectivity index (χ1) is 16.0. The van der Waals surface area contributed by atoms with E-state index in [1.165, 1.54) is 4.90 Å². The van der Waals surface area contributed by atoms with Crippen LogP contribution in [0.25, 0.3) is 10.8 Å². The van der Waals surface area contributed by atoms with E-state index in [-0.39, 0.29) is 12.6 Å². The molecule has 2 amide bonds. The summed E-state index contributed by atoms with van der Waals surface area (Å²) in [7, 11) is 0. The molecule has 1 fully saturated rings. The predicted octanol–water partition coefficient (Wildman–Crippen LogP) is 7.68. The minimum absolute atomic E-state index is 0.113. The molecule has 0 aliphatic carbocycles. The molecule has 0 radical (unpaired) electrons. The number of urea groups is 1. The van der Waals surface area contributed by atoms with Crippen molar-refractivity contribution in [2.45, 2.75) is 19.6 Å². The first-order valence-electron chi connectivity index (χ1n) is 10.8. The maximum atomic E-state index is 13.6. The third-order valence-electron chi connectivity index (χ3n) is 5.61. The minimum Gasteiger partial charge on any atom is -0.365 e. The number of carbonyl (C=O) groups excluding carboxylic acids is 1. The van der Waals surface area contributed by atoms with Crippen molar-refractivity contribution in [3.63, 3.8) is 0 Å². The molecule has 4 aromatic rings. The molecule has 1 atom stereocenters. The molecule has 1 aliphatic heterocycles. The van der Waals surface area contributed by atoms with Gasteiger partial charge in [-0.15, -0.1) is 0 Å². The number of anilines is 2. The Kier molecular flexibility index (Phi) is 6.88. The monoisotopic (exact) mass is 566 g/mol. The van der Waals surface area contributed by atoms with E-state index in [0.29, 0.717) is 11.3 Å². The summed E-state index contributed by atoms with van der Waals surface area (Å²) in [5.74, 6) is 0. The number of benzene rings is 4. The van der Waals surface area contributed by atoms with Crippen LogP contribution in [0.2, 0.25) is 0 Å². The largest absolute Gasteiger partial charge is 0.365 e. The molecule has 0 aromatic heterocycles. The van der Waals surface area contributed by atoms with E-state index >= 15 is 0 Å². The first-order valence-corrected chi connectivity index (χ1v) is 12.4. The number of aliphatic hydroxyl groups is 1. The number of carbonyl (C=O) groups is 1. The fourth-order valence-corrected chi connectivity index (χ4v) is 4.56. The van der Waals surface area contributed by atoms with Crippen molar-refractivity contribution in [3.8, 4) is 0 Å². The Hall–Kier alpha value is -2.67. The molecular weight excluding hydrogens is 544 g/mol. The number of fused-ring (bicyclic) bond motifs is 1. The average Bonchev–Trinajstić information content (AvgIpc) is 3.12. The van der Waals surface area contributed by atoms with Crippen LogP contribution in [0.1, 0.15) is 19.4 Å². The van der Waals surface area contributed by atoms with Crippen LogP contribution in [0, 0.1) is 0 Å². The number of hydrogen-bond acceptors (Lipinski definition) is 2. The standard InChI is InChI=1S/C25H18Br2N2O2.C2H6/c26-20-7-11-22(12-8-20)28-16-25(31,19-6-5-17-3-1-2-4-18(17)15-19)29(24(28)30)23-13-9-21(27)10-14-23;1-2/h1-15,31H,16H2;1-2H3. The molecule has 33 heavy (non-hydrogen) atoms. The number of amides is 2. The zero-order valence-electron chi connectivity index (χ0n) is 18.4. The molecule has 1 N–H and O–H groups in total. The van der Waals surface area contributed by atoms with E-state index in [2.05, 4.69) is 31.9 Å². The molecule has 1 unspecified atom stereocenters. The Labute approximate surface area is 210 Å². The lowest BCUT2D eigenvalue weighted by Gasteiger charge is -2.32. The van der Waals surface area contributed by atoms with Gasteiger partial charge in [-0.2, -0.15) is 0 Å². The smallest absolute Gasteiger partial charge is 0.331 e. The van der Waals surface area contributed by atoms with Gasteiger partial charge >= 0.3 is 6.03 Å². The molecule has 4 nitrogen and oxygen atoms in total. The van der Waals surface area contributed by atoms with Gasteiger partial charge in [-0.05, 0) is 65.4 Å². The lowest BCUT2D eigenvalue weighted by molar-refractivity contribution is 0.0657. The molecule has 1 saturated heterocycles. The van der Waals surface area contributed by atoms with Gasteiger partial charge in [0.1, 0.15) is 0 Å². The highest BCUT2D eigenvalue weighted by molar-refractivity contribution is 9.10. The van der Waals surface area contributed by atoms with Crippen molar-refractivity contribution >= 4 is 60.0 Å². The summed E-state index contributed by atoms with van der Waals surface area (Å²) < 4.78 is 1.83. The van der Waals surface area contributed by atoms with Crippen molar-refractivity contribution in [2.24, 2.45) is 0 Å². The van der Waals surface area contributed by atoms with E-state index in [4.69, 9.17) is 0 Å². The lowest BCUT2D eigenvalue weighted by Crippen LogP contribution is -2.44. The topological polar surface area (TPSA) is 43.8 Å². The Morgan fingerprint density at radius 3 is 1.91 bits per heavy atom. The van der Waals surface area contributed by atoms with Crippen LogP contribution in [-0.4, -0.2) is 17.7 Å². The highest BCUT2D eigenvalue weighted by atomic mass is 79.9. The van der Waals surface area contributed by atoms with Gasteiger partial charge < -0.3 is 5.11 Å². The van der Waals surface area contributed by atoms with Gasteiger partial charge in [0.2, 0.25) is 0 Å². The van der Waals surface area contributed by atoms with E-state index < -0.39 is 5.72 Å². The summed E-state index contributed by atoms with van der Waals surface area (Å²) in [5, 5.41) is 14.1. The van der Waals surface area contributed by atoms with Gasteiger partial charge in [0, 0.05) is 25.9 Å². The Morgan fingerprint density at radius 2 is 1.30 bits per heavy atom. The summed E-state index contributed by atoms with van der Waals surface area (Å²) >= 11 is 6.88. The maximum Gasteiger partial charge on any atom is 0.331 e. The van der Waals surface area contributed by atoms with E-state index in [1.807, 2.05) is 105 Å². The summed E-state index contributed by atoms with van der Waals surface area (Å²) in [4.78, 5) is 16.7. The molecule has 1 heterocycles. The highest BCUT2D eigenvalue weighted by Gasteiger charge is 2.51. The van der Waals surface area contributed by atoms with Gasteiger partial charge in [-0.25, -0.2) is 4.79 Å². The quantitative estimate of drug-likeness (QED) is 0.276. The second kappa shape index (κ2) is 9.67. The predicted molar refractivity (Wildman–Crippen MR) is 143 cm³/mol. The van der Waals surface area contributed by atoms with Gasteiger partial charge in [0.15, 0.2) is 5.72 Å². The third kappa shape index (κ3) is 4.43. The number of hydrogen-bond donors (Lipinski definition) is 1. The highest BCUT2D eigenvalue weighted by Crippen LogP contribution is 2.41. The molecule has 168 valence electrons. The summed E-state index contributed by atoms with van der Waals surface area (Å²) in [5.41, 5.74) is 0.500. The van der Waals surface area contributed by atoms with Crippen LogP contribution in [-0.2, 0) is 5.72 Å². The fourth-order valence-electron chi connectivity index (χ4n) is 4.03. The number of halogens is 2. The summed E-state index contributed by atoms with van der Waals surface area (Å²) in [6.07, 6.45) is 0. The van der Waals surface area contributed by atoms with Crippen molar-refractivity contribution < 1.29 is 9.90 Å². The Morgan fingerprint density at radius 1 is 0.758 bits per heavy atom. The molecule has 0 spiro atoms. The van der Waals surface area contributed by atoms with Crippen molar-refractivity contribution in [3.05, 3.63) is 106 Å². The lowest BCUT2D eigenvalue weighted by atomic mass is 9.97. The molecule has 0 bridgehead atoms. The van der Waals surface area contributed by atoms with Crippen LogP contribution in [0.4, 0.5) is 16.2 Å². The molecule has 6 heteroatoms. The van der Waals surface area contributed by atoms with Gasteiger partial charge in [0.05, 0.1) is 6.54 Å². The first kappa shape index (κ1) is 23.5. The van der Waals surface area contributed by atoms with Crippen molar-refractivity contribution in [2.75, 3.05) is 16.3 Å². The molecule has 4 aromatic carbocycles. The Balaban J connectivity index is 0.00000126. The number of rotatable bonds is 3. The molecule has 5 rings (SSSR count). The van der Waals surface area contributed by atoms with Crippen LogP contribution in [0.15, 0.2) is 99.9 Å². The van der Waals surface area contributed by atoms with E-state index in [0.717, 1.165) is 25.4 Å². The Bertz CT molecular complexity index is 1280. The van der Waals surface area contributed by atoms with Crippen LogP contribution >= 0.6 is 31.9 Å². The number of β-amino-alcohol motifs (C(OH)–C–C–N with tert-alkyl or cyclic N) is 1. The minimum atomic E-state index is -1.53. The molecular formula is C27H24Br2N2O2. The molecule has 1 aliphatic rings. The van der Waals surface area contributed by atoms with Gasteiger partial charge in [-0.1, -0.05) is 82.1 Å². The second-order valence-electron chi connectivity index (χ2n) is 7.54. The summed E-state index contributed by atoms with van der Waals surface area (Å²) in [6, 6.07) is 28.5. The summed E-state index contributed by atoms with van der Waals surface area (Å²) in [6.45, 7) is 4.11. The van der Waals surface area contributed by atoms with Gasteiger partial charge in [-0.3, -0.25) is 9.80 Å². The fraction of sp³-hybridized carbons (Fsp3) is 0.148. The SMILES string of the molecule is CC.O=C1N(c2ccc(Br)cc2)CC(O)(c2ccc3ccccc3c2)N1c1ccc(Br)cc1. The second-order valence-corrected chi connectivity index (χ2v) is 9.37. The van der Waals surface area contributed by atoms with Crippen molar-refractivity contribution in [1.82, 2.24) is 0 Å². The van der Waals surface area contributed by atoms with E-state index in [9.17, 15) is 9.90 Å². The van der Waals surface area contributed by atoms with Crippen molar-refractivity contribution in [1.29, 1.82) is 0 Å². The zero-order chi connectivity index (χ0) is 23.6. The average molecular weight is 568 g/mol. The van der Waals surface area contributed by atoms with Crippen LogP contribution in [0.5, 0.6) is 0 Å². The maximum absolute atomic E-state index is 13.6.